The van der Waals surface area contributed by atoms with Crippen molar-refractivity contribution >= 4 is 11.9 Å². The van der Waals surface area contributed by atoms with Crippen molar-refractivity contribution in [1.82, 2.24) is 10.2 Å². The van der Waals surface area contributed by atoms with Gasteiger partial charge in [-0.1, -0.05) is 6.07 Å². The van der Waals surface area contributed by atoms with E-state index < -0.39 is 0 Å². The average Bonchev–Trinajstić information content (AvgIpc) is 2.73. The maximum absolute atomic E-state index is 12.5. The lowest BCUT2D eigenvalue weighted by Gasteiger charge is -2.34. The van der Waals surface area contributed by atoms with Crippen LogP contribution in [0.5, 0.6) is 11.5 Å². The molecule has 0 bridgehead atoms. The number of hydrogen-bond acceptors (Lipinski definition) is 6. The van der Waals surface area contributed by atoms with Gasteiger partial charge in [-0.2, -0.15) is 0 Å². The summed E-state index contributed by atoms with van der Waals surface area (Å²) < 4.78 is 15.6. The van der Waals surface area contributed by atoms with Crippen molar-refractivity contribution in [3.05, 3.63) is 23.8 Å². The smallest absolute Gasteiger partial charge is 0.309 e. The molecule has 156 valence electrons. The van der Waals surface area contributed by atoms with Crippen molar-refractivity contribution < 1.29 is 23.8 Å². The molecule has 1 amide bonds. The topological polar surface area (TPSA) is 77.1 Å². The minimum atomic E-state index is -0.214. The van der Waals surface area contributed by atoms with Crippen LogP contribution in [0.15, 0.2) is 18.2 Å². The number of methoxy groups -OCH3 is 2. The van der Waals surface area contributed by atoms with E-state index in [1.807, 2.05) is 32.0 Å². The summed E-state index contributed by atoms with van der Waals surface area (Å²) in [7, 11) is 3.21. The van der Waals surface area contributed by atoms with E-state index in [-0.39, 0.29) is 23.8 Å². The van der Waals surface area contributed by atoms with E-state index in [0.29, 0.717) is 31.1 Å². The number of ether oxygens (including phenoxy) is 3. The van der Waals surface area contributed by atoms with E-state index in [0.717, 1.165) is 31.5 Å². The van der Waals surface area contributed by atoms with E-state index in [1.54, 1.807) is 14.2 Å². The lowest BCUT2D eigenvalue weighted by molar-refractivity contribution is -0.149. The van der Waals surface area contributed by atoms with Gasteiger partial charge >= 0.3 is 5.97 Å². The molecular formula is C21H32N2O5. The van der Waals surface area contributed by atoms with E-state index in [4.69, 9.17) is 14.2 Å². The van der Waals surface area contributed by atoms with Crippen molar-refractivity contribution in [3.63, 3.8) is 0 Å². The highest BCUT2D eigenvalue weighted by atomic mass is 16.5. The predicted molar refractivity (Wildman–Crippen MR) is 107 cm³/mol. The van der Waals surface area contributed by atoms with Crippen LogP contribution < -0.4 is 14.8 Å². The summed E-state index contributed by atoms with van der Waals surface area (Å²) in [6.07, 6.45) is 2.19. The van der Waals surface area contributed by atoms with Gasteiger partial charge in [0.1, 0.15) is 0 Å². The Morgan fingerprint density at radius 1 is 1.18 bits per heavy atom. The maximum atomic E-state index is 12.5. The van der Waals surface area contributed by atoms with E-state index in [9.17, 15) is 9.59 Å². The summed E-state index contributed by atoms with van der Waals surface area (Å²) in [6.45, 7) is 6.16. The lowest BCUT2D eigenvalue weighted by atomic mass is 9.96. The first kappa shape index (κ1) is 22.0. The summed E-state index contributed by atoms with van der Waals surface area (Å²) in [5, 5.41) is 3.00. The third-order valence-electron chi connectivity index (χ3n) is 5.24. The molecule has 2 rings (SSSR count). The molecule has 0 radical (unpaired) electrons. The Bertz CT molecular complexity index is 656. The zero-order valence-corrected chi connectivity index (χ0v) is 17.3. The first-order valence-corrected chi connectivity index (χ1v) is 9.89. The molecule has 1 atom stereocenters. The molecule has 0 spiro atoms. The highest BCUT2D eigenvalue weighted by Gasteiger charge is 2.30. The van der Waals surface area contributed by atoms with Crippen LogP contribution in [0.2, 0.25) is 0 Å². The SMILES string of the molecule is CCOC(=O)C1CCN(C(C)C(=O)NCCc2ccc(OC)c(OC)c2)CC1. The van der Waals surface area contributed by atoms with Crippen LogP contribution in [0, 0.1) is 5.92 Å². The van der Waals surface area contributed by atoms with Gasteiger partial charge in [0.25, 0.3) is 0 Å². The Kier molecular flexibility index (Phi) is 8.57. The first-order valence-electron chi connectivity index (χ1n) is 9.89. The van der Waals surface area contributed by atoms with Gasteiger partial charge in [-0.05, 0) is 63.9 Å². The van der Waals surface area contributed by atoms with Crippen LogP contribution in [-0.2, 0) is 20.7 Å². The van der Waals surface area contributed by atoms with Crippen LogP contribution in [0.4, 0.5) is 0 Å². The van der Waals surface area contributed by atoms with Gasteiger partial charge < -0.3 is 19.5 Å². The molecule has 1 aliphatic heterocycles. The quantitative estimate of drug-likeness (QED) is 0.648. The van der Waals surface area contributed by atoms with Crippen LogP contribution in [0.1, 0.15) is 32.3 Å². The molecule has 1 heterocycles. The zero-order chi connectivity index (χ0) is 20.5. The van der Waals surface area contributed by atoms with Gasteiger partial charge in [0.15, 0.2) is 11.5 Å². The van der Waals surface area contributed by atoms with Crippen molar-refractivity contribution in [1.29, 1.82) is 0 Å². The van der Waals surface area contributed by atoms with Gasteiger partial charge in [-0.15, -0.1) is 0 Å². The minimum absolute atomic E-state index is 0.00932. The number of likely N-dealkylation sites (tertiary alicyclic amines) is 1. The van der Waals surface area contributed by atoms with Crippen molar-refractivity contribution in [2.75, 3.05) is 40.5 Å². The molecular weight excluding hydrogens is 360 g/mol. The highest BCUT2D eigenvalue weighted by Crippen LogP contribution is 2.27. The molecule has 0 aliphatic carbocycles. The maximum Gasteiger partial charge on any atom is 0.309 e. The largest absolute Gasteiger partial charge is 0.493 e. The van der Waals surface area contributed by atoms with Crippen molar-refractivity contribution in [2.24, 2.45) is 5.92 Å². The Labute approximate surface area is 167 Å². The molecule has 1 aromatic rings. The molecule has 0 saturated carbocycles. The summed E-state index contributed by atoms with van der Waals surface area (Å²) in [5.74, 6) is 1.22. The number of carbonyl (C=O) groups excluding carboxylic acids is 2. The van der Waals surface area contributed by atoms with E-state index >= 15 is 0 Å². The predicted octanol–water partition coefficient (Wildman–Crippen LogP) is 2.03. The van der Waals surface area contributed by atoms with Crippen molar-refractivity contribution in [3.8, 4) is 11.5 Å². The molecule has 1 saturated heterocycles. The van der Waals surface area contributed by atoms with Crippen LogP contribution >= 0.6 is 0 Å². The Morgan fingerprint density at radius 3 is 2.46 bits per heavy atom. The molecule has 1 N–H and O–H groups in total. The third kappa shape index (κ3) is 5.86. The molecule has 1 unspecified atom stereocenters. The number of benzene rings is 1. The monoisotopic (exact) mass is 392 g/mol. The number of nitrogens with zero attached hydrogens (tertiary/aromatic N) is 1. The van der Waals surface area contributed by atoms with E-state index in [2.05, 4.69) is 10.2 Å². The van der Waals surface area contributed by atoms with Gasteiger partial charge in [0.05, 0.1) is 32.8 Å². The summed E-state index contributed by atoms with van der Waals surface area (Å²) in [6, 6.07) is 5.55. The second kappa shape index (κ2) is 10.9. The molecule has 0 aromatic heterocycles. The standard InChI is InChI=1S/C21H32N2O5/c1-5-28-21(25)17-9-12-23(13-10-17)15(2)20(24)22-11-8-16-6-7-18(26-3)19(14-16)27-4/h6-7,14-15,17H,5,8-13H2,1-4H3,(H,22,24). The van der Waals surface area contributed by atoms with E-state index in [1.165, 1.54) is 0 Å². The molecule has 7 heteroatoms. The summed E-state index contributed by atoms with van der Waals surface area (Å²) in [5.41, 5.74) is 1.07. The second-order valence-electron chi connectivity index (χ2n) is 6.97. The lowest BCUT2D eigenvalue weighted by Crippen LogP contribution is -2.49. The fraction of sp³-hybridized carbons (Fsp3) is 0.619. The molecule has 28 heavy (non-hydrogen) atoms. The Hall–Kier alpha value is -2.28. The molecule has 1 fully saturated rings. The number of carbonyl (C=O) groups is 2. The van der Waals surface area contributed by atoms with Crippen molar-refractivity contribution in [2.45, 2.75) is 39.2 Å². The van der Waals surface area contributed by atoms with Crippen LogP contribution in [0.25, 0.3) is 0 Å². The zero-order valence-electron chi connectivity index (χ0n) is 17.3. The number of piperidine rings is 1. The summed E-state index contributed by atoms with van der Waals surface area (Å²) >= 11 is 0. The normalized spacial score (nSPS) is 16.3. The third-order valence-corrected chi connectivity index (χ3v) is 5.24. The van der Waals surface area contributed by atoms with Crippen LogP contribution in [-0.4, -0.2) is 63.3 Å². The Balaban J connectivity index is 1.76. The number of hydrogen-bond donors (Lipinski definition) is 1. The number of rotatable bonds is 9. The molecule has 1 aliphatic rings. The Morgan fingerprint density at radius 2 is 1.86 bits per heavy atom. The average molecular weight is 392 g/mol. The first-order chi connectivity index (χ1) is 13.5. The molecule has 1 aromatic carbocycles. The number of amides is 1. The fourth-order valence-corrected chi connectivity index (χ4v) is 3.46. The fourth-order valence-electron chi connectivity index (χ4n) is 3.46. The highest BCUT2D eigenvalue weighted by molar-refractivity contribution is 5.81. The van der Waals surface area contributed by atoms with Gasteiger partial charge in [0, 0.05) is 6.54 Å². The van der Waals surface area contributed by atoms with Gasteiger partial charge in [-0.25, -0.2) is 0 Å². The van der Waals surface area contributed by atoms with Gasteiger partial charge in [-0.3, -0.25) is 14.5 Å². The minimum Gasteiger partial charge on any atom is -0.493 e. The summed E-state index contributed by atoms with van der Waals surface area (Å²) in [4.78, 5) is 26.4. The number of esters is 1. The van der Waals surface area contributed by atoms with Crippen LogP contribution in [0.3, 0.4) is 0 Å². The number of nitrogens with one attached hydrogen (secondary N) is 1. The second-order valence-corrected chi connectivity index (χ2v) is 6.97. The van der Waals surface area contributed by atoms with Gasteiger partial charge in [0.2, 0.25) is 5.91 Å². The molecule has 7 nitrogen and oxygen atoms in total.